The summed E-state index contributed by atoms with van der Waals surface area (Å²) in [4.78, 5) is 12.7. The number of aliphatic hydroxyl groups is 1. The first-order valence-corrected chi connectivity index (χ1v) is 7.50. The van der Waals surface area contributed by atoms with Crippen LogP contribution in [0.1, 0.15) is 12.5 Å². The molecule has 23 heavy (non-hydrogen) atoms. The lowest BCUT2D eigenvalue weighted by atomic mass is 10.1. The molecule has 1 heterocycles. The van der Waals surface area contributed by atoms with Crippen molar-refractivity contribution in [3.8, 4) is 5.75 Å². The molecule has 0 bridgehead atoms. The van der Waals surface area contributed by atoms with Gasteiger partial charge in [0.15, 0.2) is 0 Å². The van der Waals surface area contributed by atoms with Gasteiger partial charge in [-0.15, -0.1) is 0 Å². The summed E-state index contributed by atoms with van der Waals surface area (Å²) in [5, 5.41) is 13.4. The Morgan fingerprint density at radius 3 is 2.83 bits per heavy atom. The number of ether oxygens (including phenoxy) is 1. The molecule has 2 N–H and O–H groups in total. The van der Waals surface area contributed by atoms with Crippen LogP contribution in [0, 0.1) is 0 Å². The Hall–Kier alpha value is -2.37. The van der Waals surface area contributed by atoms with Crippen molar-refractivity contribution in [2.45, 2.75) is 19.5 Å². The number of para-hydroxylation sites is 1. The molecule has 0 saturated carbocycles. The zero-order valence-electron chi connectivity index (χ0n) is 13.1. The largest absolute Gasteiger partial charge is 0.497 e. The standard InChI is InChI=1S/C18H19NO4/c1-11(10-20)19-9-12-4-3-5-15-17(21)14-7-6-13(22-2)8-16(14)23-18(12)15/h3-8,11,19-20H,9-10H2,1-2H3/t11-/m0/s1. The molecule has 0 aliphatic heterocycles. The van der Waals surface area contributed by atoms with Gasteiger partial charge in [0.2, 0.25) is 5.43 Å². The Morgan fingerprint density at radius 1 is 1.26 bits per heavy atom. The predicted octanol–water partition coefficient (Wildman–Crippen LogP) is 2.43. The number of nitrogens with one attached hydrogen (secondary N) is 1. The van der Waals surface area contributed by atoms with Crippen molar-refractivity contribution in [2.24, 2.45) is 0 Å². The molecule has 1 aromatic heterocycles. The summed E-state index contributed by atoms with van der Waals surface area (Å²) in [7, 11) is 1.58. The van der Waals surface area contributed by atoms with E-state index >= 15 is 0 Å². The van der Waals surface area contributed by atoms with Crippen molar-refractivity contribution in [1.82, 2.24) is 5.32 Å². The lowest BCUT2D eigenvalue weighted by molar-refractivity contribution is 0.251. The molecule has 0 saturated heterocycles. The van der Waals surface area contributed by atoms with E-state index in [1.807, 2.05) is 19.1 Å². The fourth-order valence-corrected chi connectivity index (χ4v) is 2.53. The van der Waals surface area contributed by atoms with Gasteiger partial charge in [0, 0.05) is 24.2 Å². The molecule has 0 spiro atoms. The molecule has 3 rings (SSSR count). The highest BCUT2D eigenvalue weighted by Crippen LogP contribution is 2.24. The Balaban J connectivity index is 2.17. The Morgan fingerprint density at radius 2 is 2.09 bits per heavy atom. The number of rotatable bonds is 5. The fourth-order valence-electron chi connectivity index (χ4n) is 2.53. The van der Waals surface area contributed by atoms with Gasteiger partial charge in [-0.25, -0.2) is 0 Å². The van der Waals surface area contributed by atoms with E-state index in [1.54, 1.807) is 31.4 Å². The van der Waals surface area contributed by atoms with Gasteiger partial charge in [0.25, 0.3) is 0 Å². The second-order valence-corrected chi connectivity index (χ2v) is 5.55. The second-order valence-electron chi connectivity index (χ2n) is 5.55. The molecule has 5 heteroatoms. The summed E-state index contributed by atoms with van der Waals surface area (Å²) >= 11 is 0. The molecule has 120 valence electrons. The minimum atomic E-state index is -0.0547. The second kappa shape index (κ2) is 6.40. The third-order valence-corrected chi connectivity index (χ3v) is 3.90. The third-order valence-electron chi connectivity index (χ3n) is 3.90. The van der Waals surface area contributed by atoms with Gasteiger partial charge in [0.05, 0.1) is 24.5 Å². The first kappa shape index (κ1) is 15.5. The van der Waals surface area contributed by atoms with Gasteiger partial charge < -0.3 is 19.6 Å². The molecule has 0 aliphatic carbocycles. The Bertz CT molecular complexity index is 901. The van der Waals surface area contributed by atoms with Crippen molar-refractivity contribution >= 4 is 21.9 Å². The number of hydrogen-bond acceptors (Lipinski definition) is 5. The fraction of sp³-hybridized carbons (Fsp3) is 0.278. The molecule has 0 unspecified atom stereocenters. The average Bonchev–Trinajstić information content (AvgIpc) is 2.59. The monoisotopic (exact) mass is 313 g/mol. The van der Waals surface area contributed by atoms with E-state index in [1.165, 1.54) is 0 Å². The number of hydrogen-bond donors (Lipinski definition) is 2. The maximum atomic E-state index is 12.7. The summed E-state index contributed by atoms with van der Waals surface area (Å²) in [6, 6.07) is 10.7. The van der Waals surface area contributed by atoms with Crippen LogP contribution >= 0.6 is 0 Å². The zero-order chi connectivity index (χ0) is 16.4. The lowest BCUT2D eigenvalue weighted by Crippen LogP contribution is -2.28. The van der Waals surface area contributed by atoms with Gasteiger partial charge in [-0.2, -0.15) is 0 Å². The highest BCUT2D eigenvalue weighted by Gasteiger charge is 2.12. The van der Waals surface area contributed by atoms with Gasteiger partial charge in [-0.05, 0) is 25.1 Å². The van der Waals surface area contributed by atoms with Crippen LogP contribution < -0.4 is 15.5 Å². The lowest BCUT2D eigenvalue weighted by Gasteiger charge is -2.12. The summed E-state index contributed by atoms with van der Waals surface area (Å²) in [6.07, 6.45) is 0. The van der Waals surface area contributed by atoms with Crippen LogP contribution in [0.4, 0.5) is 0 Å². The Labute approximate surface area is 133 Å². The zero-order valence-corrected chi connectivity index (χ0v) is 13.1. The van der Waals surface area contributed by atoms with Crippen molar-refractivity contribution in [3.63, 3.8) is 0 Å². The quantitative estimate of drug-likeness (QED) is 0.708. The van der Waals surface area contributed by atoms with E-state index in [0.29, 0.717) is 34.2 Å². The summed E-state index contributed by atoms with van der Waals surface area (Å²) < 4.78 is 11.2. The molecule has 2 aromatic carbocycles. The van der Waals surface area contributed by atoms with E-state index in [0.717, 1.165) is 5.56 Å². The van der Waals surface area contributed by atoms with E-state index < -0.39 is 0 Å². The van der Waals surface area contributed by atoms with Crippen molar-refractivity contribution < 1.29 is 14.3 Å². The predicted molar refractivity (Wildman–Crippen MR) is 89.9 cm³/mol. The summed E-state index contributed by atoms with van der Waals surface area (Å²) in [5.41, 5.74) is 1.89. The van der Waals surface area contributed by atoms with E-state index in [-0.39, 0.29) is 18.1 Å². The van der Waals surface area contributed by atoms with Crippen LogP contribution in [0.25, 0.3) is 21.9 Å². The van der Waals surface area contributed by atoms with Crippen LogP contribution in [0.2, 0.25) is 0 Å². The normalized spacial score (nSPS) is 12.7. The molecule has 5 nitrogen and oxygen atoms in total. The molecule has 0 amide bonds. The molecule has 0 fully saturated rings. The third kappa shape index (κ3) is 2.93. The molecule has 0 aliphatic rings. The van der Waals surface area contributed by atoms with Gasteiger partial charge in [-0.1, -0.05) is 12.1 Å². The van der Waals surface area contributed by atoms with Crippen LogP contribution in [-0.4, -0.2) is 24.9 Å². The number of fused-ring (bicyclic) bond motifs is 2. The van der Waals surface area contributed by atoms with E-state index in [9.17, 15) is 4.79 Å². The molecular formula is C18H19NO4. The smallest absolute Gasteiger partial charge is 0.200 e. The number of benzene rings is 2. The summed E-state index contributed by atoms with van der Waals surface area (Å²) in [6.45, 7) is 2.45. The minimum Gasteiger partial charge on any atom is -0.497 e. The minimum absolute atomic E-state index is 0.0301. The van der Waals surface area contributed by atoms with Crippen molar-refractivity contribution in [3.05, 3.63) is 52.2 Å². The molecular weight excluding hydrogens is 294 g/mol. The van der Waals surface area contributed by atoms with Gasteiger partial charge >= 0.3 is 0 Å². The van der Waals surface area contributed by atoms with E-state index in [4.69, 9.17) is 14.3 Å². The van der Waals surface area contributed by atoms with Crippen LogP contribution in [0.5, 0.6) is 5.75 Å². The highest BCUT2D eigenvalue weighted by molar-refractivity contribution is 5.91. The molecule has 1 atom stereocenters. The SMILES string of the molecule is COc1ccc2c(=O)c3cccc(CN[C@@H](C)CO)c3oc2c1. The topological polar surface area (TPSA) is 71.7 Å². The van der Waals surface area contributed by atoms with Crippen molar-refractivity contribution in [2.75, 3.05) is 13.7 Å². The van der Waals surface area contributed by atoms with Crippen LogP contribution in [-0.2, 0) is 6.54 Å². The summed E-state index contributed by atoms with van der Waals surface area (Å²) in [5.74, 6) is 0.643. The first-order chi connectivity index (χ1) is 11.1. The molecule has 0 radical (unpaired) electrons. The van der Waals surface area contributed by atoms with Crippen molar-refractivity contribution in [1.29, 1.82) is 0 Å². The number of aliphatic hydroxyl groups excluding tert-OH is 1. The van der Waals surface area contributed by atoms with E-state index in [2.05, 4.69) is 5.32 Å². The van der Waals surface area contributed by atoms with Gasteiger partial charge in [0.1, 0.15) is 16.9 Å². The maximum absolute atomic E-state index is 12.7. The average molecular weight is 313 g/mol. The maximum Gasteiger partial charge on any atom is 0.200 e. The molecule has 3 aromatic rings. The Kier molecular flexibility index (Phi) is 4.32. The number of methoxy groups -OCH3 is 1. The highest BCUT2D eigenvalue weighted by atomic mass is 16.5. The van der Waals surface area contributed by atoms with Crippen LogP contribution in [0.3, 0.4) is 0 Å². The first-order valence-electron chi connectivity index (χ1n) is 7.50. The van der Waals surface area contributed by atoms with Crippen LogP contribution in [0.15, 0.2) is 45.6 Å². The van der Waals surface area contributed by atoms with Gasteiger partial charge in [-0.3, -0.25) is 4.79 Å².